The average Bonchev–Trinajstić information content (AvgIpc) is 3.52. The van der Waals surface area contributed by atoms with Crippen molar-refractivity contribution in [2.24, 2.45) is 10.4 Å². The number of imidazole rings is 1. The van der Waals surface area contributed by atoms with Gasteiger partial charge in [0, 0.05) is 37.6 Å². The van der Waals surface area contributed by atoms with Crippen LogP contribution in [0.15, 0.2) is 53.8 Å². The number of pyridine rings is 3. The van der Waals surface area contributed by atoms with Crippen molar-refractivity contribution in [2.45, 2.75) is 34.1 Å². The van der Waals surface area contributed by atoms with E-state index in [1.165, 1.54) is 18.6 Å². The number of carbonyl (C=O) groups excluding carboxylic acids is 1. The fourth-order valence-electron chi connectivity index (χ4n) is 4.35. The monoisotopic (exact) mass is 540 g/mol. The van der Waals surface area contributed by atoms with Crippen LogP contribution in [0.2, 0.25) is 0 Å². The molecule has 3 N–H and O–H groups in total. The van der Waals surface area contributed by atoms with E-state index in [2.05, 4.69) is 47.2 Å². The van der Waals surface area contributed by atoms with Crippen molar-refractivity contribution in [1.82, 2.24) is 35.1 Å². The Labute approximate surface area is 229 Å². The van der Waals surface area contributed by atoms with Crippen molar-refractivity contribution in [1.29, 1.82) is 0 Å². The highest BCUT2D eigenvalue weighted by Gasteiger charge is 2.22. The highest BCUT2D eigenvalue weighted by molar-refractivity contribution is 5.97. The Kier molecular flexibility index (Phi) is 6.84. The highest BCUT2D eigenvalue weighted by atomic mass is 19.1. The minimum absolute atomic E-state index is 0.0744. The van der Waals surface area contributed by atoms with Gasteiger partial charge in [-0.25, -0.2) is 14.4 Å². The number of halogens is 1. The Morgan fingerprint density at radius 2 is 2.00 bits per heavy atom. The predicted octanol–water partition coefficient (Wildman–Crippen LogP) is 5.47. The van der Waals surface area contributed by atoms with Gasteiger partial charge in [0.25, 0.3) is 0 Å². The van der Waals surface area contributed by atoms with E-state index in [1.54, 1.807) is 29.4 Å². The molecule has 0 fully saturated rings. The number of fused-ring (bicyclic) bond motifs is 2. The molecule has 5 heterocycles. The van der Waals surface area contributed by atoms with E-state index in [0.29, 0.717) is 57.3 Å². The molecule has 0 aliphatic carbocycles. The number of aromatic nitrogens is 7. The zero-order chi connectivity index (χ0) is 28.6. The van der Waals surface area contributed by atoms with Gasteiger partial charge in [-0.3, -0.25) is 24.9 Å². The van der Waals surface area contributed by atoms with E-state index in [1.807, 2.05) is 34.7 Å². The van der Waals surface area contributed by atoms with Crippen LogP contribution >= 0.6 is 0 Å². The van der Waals surface area contributed by atoms with E-state index >= 15 is 4.39 Å². The number of nitrogens with zero attached hydrogens (tertiary/aromatic N) is 7. The van der Waals surface area contributed by atoms with Crippen molar-refractivity contribution in [3.63, 3.8) is 0 Å². The summed E-state index contributed by atoms with van der Waals surface area (Å²) in [6.07, 6.45) is 8.31. The number of anilines is 2. The lowest BCUT2D eigenvalue weighted by molar-refractivity contribution is -0.117. The summed E-state index contributed by atoms with van der Waals surface area (Å²) in [6, 6.07) is 3.43. The van der Waals surface area contributed by atoms with Crippen LogP contribution in [-0.4, -0.2) is 54.8 Å². The fraction of sp³-hybridized carbons (Fsp3) is 0.250. The first kappa shape index (κ1) is 26.6. The van der Waals surface area contributed by atoms with Crippen molar-refractivity contribution < 1.29 is 9.18 Å². The van der Waals surface area contributed by atoms with Gasteiger partial charge in [0.05, 0.1) is 40.2 Å². The van der Waals surface area contributed by atoms with E-state index in [-0.39, 0.29) is 22.4 Å². The van der Waals surface area contributed by atoms with Crippen molar-refractivity contribution in [3.8, 4) is 22.8 Å². The van der Waals surface area contributed by atoms with Crippen molar-refractivity contribution >= 4 is 46.1 Å². The lowest BCUT2D eigenvalue weighted by Gasteiger charge is -2.17. The third-order valence-electron chi connectivity index (χ3n) is 6.10. The molecule has 0 atom stereocenters. The van der Waals surface area contributed by atoms with Crippen LogP contribution < -0.4 is 10.2 Å². The van der Waals surface area contributed by atoms with Gasteiger partial charge in [0.1, 0.15) is 16.9 Å². The Morgan fingerprint density at radius 3 is 2.75 bits per heavy atom. The zero-order valence-corrected chi connectivity index (χ0v) is 22.9. The van der Waals surface area contributed by atoms with Crippen molar-refractivity contribution in [2.75, 3.05) is 17.3 Å². The summed E-state index contributed by atoms with van der Waals surface area (Å²) in [7, 11) is 1.83. The molecule has 0 aliphatic rings. The standard InChI is InChI=1S/C28H29FN10O/c1-15(30-5)14-39(6)27-24-18(7-8-32-27)35-26(36-24)25-21-19(37-38-25)13-33-23(22(21)29)16-9-17(12-31-11-16)34-20(40)10-28(2,3)4/h7-9,11-14H,5,10H2,1-4,6H3,(H,34,40)(H,35,36)(H,37,38)/b15-14-. The first-order valence-electron chi connectivity index (χ1n) is 12.5. The van der Waals surface area contributed by atoms with Gasteiger partial charge in [0.15, 0.2) is 17.5 Å². The number of hydrogen-bond donors (Lipinski definition) is 3. The van der Waals surface area contributed by atoms with Crippen LogP contribution in [0.5, 0.6) is 0 Å². The Bertz CT molecular complexity index is 1780. The molecule has 0 saturated carbocycles. The smallest absolute Gasteiger partial charge is 0.224 e. The van der Waals surface area contributed by atoms with Gasteiger partial charge >= 0.3 is 0 Å². The summed E-state index contributed by atoms with van der Waals surface area (Å²) in [6.45, 7) is 11.3. The molecule has 0 saturated heterocycles. The molecule has 204 valence electrons. The number of H-pyrrole nitrogens is 2. The van der Waals surface area contributed by atoms with E-state index < -0.39 is 5.82 Å². The van der Waals surface area contributed by atoms with Gasteiger partial charge < -0.3 is 15.2 Å². The van der Waals surface area contributed by atoms with Gasteiger partial charge in [-0.2, -0.15) is 5.10 Å². The molecule has 0 radical (unpaired) electrons. The molecule has 12 heteroatoms. The molecule has 0 aromatic carbocycles. The molecule has 40 heavy (non-hydrogen) atoms. The summed E-state index contributed by atoms with van der Waals surface area (Å²) >= 11 is 0. The minimum Gasteiger partial charge on any atom is -0.336 e. The fourth-order valence-corrected chi connectivity index (χ4v) is 4.35. The molecule has 1 amide bonds. The normalized spacial score (nSPS) is 12.2. The number of nitrogens with one attached hydrogen (secondary N) is 3. The van der Waals surface area contributed by atoms with Gasteiger partial charge in [-0.15, -0.1) is 0 Å². The highest BCUT2D eigenvalue weighted by Crippen LogP contribution is 2.34. The summed E-state index contributed by atoms with van der Waals surface area (Å²) < 4.78 is 16.1. The van der Waals surface area contributed by atoms with Crippen LogP contribution in [-0.2, 0) is 4.79 Å². The average molecular weight is 541 g/mol. The maximum absolute atomic E-state index is 16.1. The van der Waals surface area contributed by atoms with Crippen LogP contribution in [0.1, 0.15) is 34.1 Å². The number of allylic oxidation sites excluding steroid dienone is 1. The van der Waals surface area contributed by atoms with Gasteiger partial charge in [-0.1, -0.05) is 20.8 Å². The second kappa shape index (κ2) is 10.3. The first-order chi connectivity index (χ1) is 19.0. The van der Waals surface area contributed by atoms with Gasteiger partial charge in [-0.05, 0) is 31.2 Å². The quantitative estimate of drug-likeness (QED) is 0.232. The Morgan fingerprint density at radius 1 is 1.20 bits per heavy atom. The molecule has 5 aromatic rings. The van der Waals surface area contributed by atoms with E-state index in [4.69, 9.17) is 4.98 Å². The lowest BCUT2D eigenvalue weighted by atomic mass is 9.92. The topological polar surface area (TPSA) is 141 Å². The zero-order valence-electron chi connectivity index (χ0n) is 22.9. The minimum atomic E-state index is -0.590. The molecule has 0 bridgehead atoms. The molecule has 0 unspecified atom stereocenters. The van der Waals surface area contributed by atoms with Crippen molar-refractivity contribution in [3.05, 3.63) is 54.6 Å². The molecular weight excluding hydrogens is 511 g/mol. The largest absolute Gasteiger partial charge is 0.336 e. The maximum Gasteiger partial charge on any atom is 0.224 e. The summed E-state index contributed by atoms with van der Waals surface area (Å²) in [5, 5.41) is 10.2. The number of rotatable bonds is 7. The summed E-state index contributed by atoms with van der Waals surface area (Å²) in [4.78, 5) is 39.0. The summed E-state index contributed by atoms with van der Waals surface area (Å²) in [5.74, 6) is 0.210. The van der Waals surface area contributed by atoms with Crippen LogP contribution in [0, 0.1) is 11.2 Å². The van der Waals surface area contributed by atoms with Gasteiger partial charge in [0.2, 0.25) is 5.91 Å². The van der Waals surface area contributed by atoms with Crippen LogP contribution in [0.3, 0.4) is 0 Å². The molecule has 0 spiro atoms. The predicted molar refractivity (Wildman–Crippen MR) is 154 cm³/mol. The molecule has 5 aromatic heterocycles. The molecule has 11 nitrogen and oxygen atoms in total. The first-order valence-corrected chi connectivity index (χ1v) is 12.5. The van der Waals surface area contributed by atoms with Crippen LogP contribution in [0.25, 0.3) is 44.7 Å². The lowest BCUT2D eigenvalue weighted by Crippen LogP contribution is -2.19. The molecule has 0 aliphatic heterocycles. The Balaban J connectivity index is 1.54. The third kappa shape index (κ3) is 5.28. The van der Waals surface area contributed by atoms with E-state index in [9.17, 15) is 4.79 Å². The number of aromatic amines is 2. The molecular formula is C28H29FN10O. The molecule has 5 rings (SSSR count). The number of hydrogen-bond acceptors (Lipinski definition) is 8. The third-order valence-corrected chi connectivity index (χ3v) is 6.10. The van der Waals surface area contributed by atoms with E-state index in [0.717, 1.165) is 0 Å². The SMILES string of the molecule is C=N/C(C)=C\N(C)c1nccc2[nH]c(-c3n[nH]c4cnc(-c5cncc(NC(=O)CC(C)(C)C)c5)c(F)c34)nc12. The number of carbonyl (C=O) groups is 1. The number of amides is 1. The number of aliphatic imine (C=N–C) groups is 1. The second-order valence-electron chi connectivity index (χ2n) is 10.7. The second-order valence-corrected chi connectivity index (χ2v) is 10.7. The van der Waals surface area contributed by atoms with Crippen LogP contribution in [0.4, 0.5) is 15.9 Å². The Hall–Kier alpha value is -5.00. The maximum atomic E-state index is 16.1. The summed E-state index contributed by atoms with van der Waals surface area (Å²) in [5.41, 5.74) is 3.48.